The lowest BCUT2D eigenvalue weighted by Crippen LogP contribution is -2.44. The molecule has 3 heterocycles. The molecule has 1 fully saturated rings. The Bertz CT molecular complexity index is 1410. The second-order valence-electron chi connectivity index (χ2n) is 8.86. The van der Waals surface area contributed by atoms with E-state index in [4.69, 9.17) is 5.26 Å². The van der Waals surface area contributed by atoms with Crippen molar-refractivity contribution in [2.24, 2.45) is 7.05 Å². The van der Waals surface area contributed by atoms with Gasteiger partial charge in [0, 0.05) is 63.3 Å². The molecule has 1 aliphatic heterocycles. The van der Waals surface area contributed by atoms with Crippen molar-refractivity contribution in [1.29, 1.82) is 5.26 Å². The fraction of sp³-hybridized carbons (Fsp3) is 0.308. The molecule has 3 aromatic rings. The normalized spacial score (nSPS) is 14.3. The number of urea groups is 1. The van der Waals surface area contributed by atoms with Gasteiger partial charge in [0.2, 0.25) is 0 Å². The van der Waals surface area contributed by atoms with E-state index in [0.29, 0.717) is 24.3 Å². The van der Waals surface area contributed by atoms with Gasteiger partial charge in [-0.25, -0.2) is 9.78 Å². The lowest BCUT2D eigenvalue weighted by atomic mass is 10.0. The highest BCUT2D eigenvalue weighted by Gasteiger charge is 2.34. The Labute approximate surface area is 217 Å². The van der Waals surface area contributed by atoms with E-state index >= 15 is 0 Å². The second kappa shape index (κ2) is 11.3. The Morgan fingerprint density at radius 1 is 1.05 bits per heavy atom. The number of piperazine rings is 1. The molecule has 0 aliphatic carbocycles. The summed E-state index contributed by atoms with van der Waals surface area (Å²) < 4.78 is 42.9. The first kappa shape index (κ1) is 26.7. The molecule has 1 aromatic carbocycles. The molecule has 0 unspecified atom stereocenters. The van der Waals surface area contributed by atoms with Gasteiger partial charge in [0.15, 0.2) is 5.82 Å². The maximum absolute atomic E-state index is 13.8. The first-order valence-corrected chi connectivity index (χ1v) is 11.7. The number of nitrogens with one attached hydrogen (secondary N) is 2. The number of halogens is 3. The van der Waals surface area contributed by atoms with Gasteiger partial charge >= 0.3 is 12.2 Å². The molecular weight excluding hydrogens is 497 g/mol. The lowest BCUT2D eigenvalue weighted by molar-refractivity contribution is -0.138. The maximum atomic E-state index is 13.8. The van der Waals surface area contributed by atoms with Gasteiger partial charge in [0.25, 0.3) is 0 Å². The van der Waals surface area contributed by atoms with Crippen LogP contribution in [0.15, 0.2) is 42.6 Å². The van der Waals surface area contributed by atoms with Crippen LogP contribution in [-0.4, -0.2) is 63.8 Å². The van der Waals surface area contributed by atoms with E-state index in [1.165, 1.54) is 29.1 Å². The molecular formula is C26H25F3N8O. The van der Waals surface area contributed by atoms with Crippen molar-refractivity contribution in [2.75, 3.05) is 43.9 Å². The standard InChI is InChI=1S/C26H25F3N8O/c1-35-9-11-37(12-10-35)17-19-5-7-20(13-23(19)26(27,28)29)32-25(38)33-24-14-22(36(2)34-24)8-4-18-3-6-21(15-30)31-16-18/h3,5-7,13-14,16H,9-12,17H2,1-2H3,(H2,32,33,34,38). The molecule has 1 aliphatic rings. The number of likely N-dealkylation sites (N-methyl/N-ethyl adjacent to an activating group) is 1. The van der Waals surface area contributed by atoms with E-state index in [9.17, 15) is 18.0 Å². The molecule has 38 heavy (non-hydrogen) atoms. The zero-order valence-corrected chi connectivity index (χ0v) is 20.8. The van der Waals surface area contributed by atoms with Gasteiger partial charge in [-0.1, -0.05) is 12.0 Å². The van der Waals surface area contributed by atoms with Crippen molar-refractivity contribution in [3.63, 3.8) is 0 Å². The molecule has 1 saturated heterocycles. The van der Waals surface area contributed by atoms with Crippen molar-refractivity contribution >= 4 is 17.5 Å². The lowest BCUT2D eigenvalue weighted by Gasteiger charge is -2.33. The number of nitrogens with zero attached hydrogens (tertiary/aromatic N) is 6. The van der Waals surface area contributed by atoms with Crippen LogP contribution in [0.4, 0.5) is 29.5 Å². The Hall–Kier alpha value is -4.39. The summed E-state index contributed by atoms with van der Waals surface area (Å²) in [6.07, 6.45) is -3.09. The molecule has 9 nitrogen and oxygen atoms in total. The predicted octanol–water partition coefficient (Wildman–Crippen LogP) is 3.50. The monoisotopic (exact) mass is 522 g/mol. The van der Waals surface area contributed by atoms with E-state index in [-0.39, 0.29) is 29.3 Å². The van der Waals surface area contributed by atoms with Crippen LogP contribution in [0.5, 0.6) is 0 Å². The van der Waals surface area contributed by atoms with Crippen LogP contribution in [0.3, 0.4) is 0 Å². The molecule has 2 aromatic heterocycles. The number of anilines is 2. The van der Waals surface area contributed by atoms with E-state index < -0.39 is 17.8 Å². The van der Waals surface area contributed by atoms with Crippen molar-refractivity contribution < 1.29 is 18.0 Å². The summed E-state index contributed by atoms with van der Waals surface area (Å²) in [5.41, 5.74) is 0.758. The number of carbonyl (C=O) groups excluding carboxylic acids is 1. The minimum atomic E-state index is -4.56. The first-order chi connectivity index (χ1) is 18.1. The minimum Gasteiger partial charge on any atom is -0.308 e. The van der Waals surface area contributed by atoms with Gasteiger partial charge < -0.3 is 10.2 Å². The summed E-state index contributed by atoms with van der Waals surface area (Å²) in [7, 11) is 3.62. The summed E-state index contributed by atoms with van der Waals surface area (Å²) in [6.45, 7) is 3.17. The van der Waals surface area contributed by atoms with Crippen LogP contribution in [0.2, 0.25) is 0 Å². The topological polar surface area (TPSA) is 102 Å². The number of hydrogen-bond donors (Lipinski definition) is 2. The number of aryl methyl sites for hydroxylation is 1. The number of benzene rings is 1. The van der Waals surface area contributed by atoms with Gasteiger partial charge in [-0.2, -0.15) is 23.5 Å². The number of aromatic nitrogens is 3. The number of nitriles is 1. The molecule has 12 heteroatoms. The van der Waals surface area contributed by atoms with Crippen LogP contribution in [0, 0.1) is 23.2 Å². The van der Waals surface area contributed by atoms with Gasteiger partial charge in [-0.05, 0) is 42.8 Å². The average Bonchev–Trinajstić information content (AvgIpc) is 3.23. The third kappa shape index (κ3) is 6.88. The number of alkyl halides is 3. The molecule has 4 rings (SSSR count). The smallest absolute Gasteiger partial charge is 0.308 e. The number of carbonyl (C=O) groups is 1. The molecule has 0 radical (unpaired) electrons. The van der Waals surface area contributed by atoms with Crippen LogP contribution in [0.25, 0.3) is 0 Å². The summed E-state index contributed by atoms with van der Waals surface area (Å²) in [5.74, 6) is 5.97. The highest BCUT2D eigenvalue weighted by molar-refractivity contribution is 5.99. The van der Waals surface area contributed by atoms with Gasteiger partial charge in [0.05, 0.1) is 5.56 Å². The second-order valence-corrected chi connectivity index (χ2v) is 8.86. The number of hydrogen-bond acceptors (Lipinski definition) is 6. The van der Waals surface area contributed by atoms with Gasteiger partial charge in [-0.3, -0.25) is 14.9 Å². The minimum absolute atomic E-state index is 0.0150. The Morgan fingerprint density at radius 3 is 2.47 bits per heavy atom. The molecule has 0 saturated carbocycles. The van der Waals surface area contributed by atoms with E-state index in [1.54, 1.807) is 19.2 Å². The Balaban J connectivity index is 1.42. The molecule has 0 bridgehead atoms. The van der Waals surface area contributed by atoms with Crippen LogP contribution >= 0.6 is 0 Å². The fourth-order valence-corrected chi connectivity index (χ4v) is 3.90. The first-order valence-electron chi connectivity index (χ1n) is 11.7. The largest absolute Gasteiger partial charge is 0.416 e. The molecule has 196 valence electrons. The maximum Gasteiger partial charge on any atom is 0.416 e. The summed E-state index contributed by atoms with van der Waals surface area (Å²) in [4.78, 5) is 20.6. The van der Waals surface area contributed by atoms with Gasteiger partial charge in [-0.15, -0.1) is 0 Å². The van der Waals surface area contributed by atoms with Crippen molar-refractivity contribution in [2.45, 2.75) is 12.7 Å². The van der Waals surface area contributed by atoms with Crippen LogP contribution < -0.4 is 10.6 Å². The third-order valence-electron chi connectivity index (χ3n) is 6.00. The SMILES string of the molecule is CN1CCN(Cc2ccc(NC(=O)Nc3cc(C#Cc4ccc(C#N)nc4)n(C)n3)cc2C(F)(F)F)CC1. The van der Waals surface area contributed by atoms with Crippen molar-refractivity contribution in [3.05, 3.63) is 70.7 Å². The van der Waals surface area contributed by atoms with Gasteiger partial charge in [0.1, 0.15) is 17.5 Å². The predicted molar refractivity (Wildman–Crippen MR) is 135 cm³/mol. The summed E-state index contributed by atoms with van der Waals surface area (Å²) in [6, 6.07) is 9.75. The average molecular weight is 523 g/mol. The van der Waals surface area contributed by atoms with E-state index in [0.717, 1.165) is 19.2 Å². The van der Waals surface area contributed by atoms with E-state index in [2.05, 4.69) is 37.5 Å². The quantitative estimate of drug-likeness (QED) is 0.509. The van der Waals surface area contributed by atoms with E-state index in [1.807, 2.05) is 18.0 Å². The molecule has 0 spiro atoms. The summed E-state index contributed by atoms with van der Waals surface area (Å²) >= 11 is 0. The Kier molecular flexibility index (Phi) is 7.96. The molecule has 2 amide bonds. The molecule has 0 atom stereocenters. The number of pyridine rings is 1. The third-order valence-corrected chi connectivity index (χ3v) is 6.00. The fourth-order valence-electron chi connectivity index (χ4n) is 3.90. The summed E-state index contributed by atoms with van der Waals surface area (Å²) in [5, 5.41) is 17.9. The zero-order chi connectivity index (χ0) is 27.3. The number of amides is 2. The van der Waals surface area contributed by atoms with Crippen molar-refractivity contribution in [1.82, 2.24) is 24.6 Å². The van der Waals surface area contributed by atoms with Crippen LogP contribution in [-0.2, 0) is 19.8 Å². The Morgan fingerprint density at radius 2 is 1.82 bits per heavy atom. The highest BCUT2D eigenvalue weighted by atomic mass is 19.4. The molecule has 2 N–H and O–H groups in total. The van der Waals surface area contributed by atoms with Crippen LogP contribution in [0.1, 0.15) is 28.1 Å². The number of rotatable bonds is 4. The highest BCUT2D eigenvalue weighted by Crippen LogP contribution is 2.34. The van der Waals surface area contributed by atoms with Crippen molar-refractivity contribution in [3.8, 4) is 17.9 Å². The zero-order valence-electron chi connectivity index (χ0n) is 20.8.